The van der Waals surface area contributed by atoms with Gasteiger partial charge in [0.2, 0.25) is 5.91 Å². The van der Waals surface area contributed by atoms with Crippen molar-refractivity contribution in [1.82, 2.24) is 5.32 Å². The molecular formula is C15H22N2O2. The number of benzene rings is 1. The van der Waals surface area contributed by atoms with Crippen molar-refractivity contribution in [2.45, 2.75) is 38.6 Å². The molecule has 1 aromatic carbocycles. The number of carbonyl (C=O) groups is 1. The van der Waals surface area contributed by atoms with E-state index in [2.05, 4.69) is 17.6 Å². The molecule has 1 aliphatic rings. The molecule has 1 atom stereocenters. The summed E-state index contributed by atoms with van der Waals surface area (Å²) in [6.07, 6.45) is 2.77. The molecule has 1 fully saturated rings. The average Bonchev–Trinajstić information content (AvgIpc) is 2.89. The molecular weight excluding hydrogens is 240 g/mol. The number of carbonyl (C=O) groups excluding carboxylic acids is 1. The molecule has 0 aromatic heterocycles. The largest absolute Gasteiger partial charge is 0.494 e. The molecule has 0 bridgehead atoms. The third-order valence-corrected chi connectivity index (χ3v) is 3.68. The molecule has 0 spiro atoms. The molecule has 0 aliphatic carbocycles. The van der Waals surface area contributed by atoms with Gasteiger partial charge in [0, 0.05) is 11.8 Å². The minimum absolute atomic E-state index is 0.0566. The van der Waals surface area contributed by atoms with E-state index < -0.39 is 5.54 Å². The Morgan fingerprint density at radius 1 is 1.47 bits per heavy atom. The molecule has 1 amide bonds. The zero-order chi connectivity index (χ0) is 13.7. The lowest BCUT2D eigenvalue weighted by Gasteiger charge is -2.26. The quantitative estimate of drug-likeness (QED) is 0.857. The zero-order valence-corrected chi connectivity index (χ0v) is 11.7. The van der Waals surface area contributed by atoms with E-state index in [-0.39, 0.29) is 5.91 Å². The molecule has 0 saturated carbocycles. The van der Waals surface area contributed by atoms with Crippen LogP contribution in [0.3, 0.4) is 0 Å². The second-order valence-corrected chi connectivity index (χ2v) is 4.88. The van der Waals surface area contributed by atoms with Gasteiger partial charge in [-0.1, -0.05) is 13.0 Å². The van der Waals surface area contributed by atoms with Crippen LogP contribution >= 0.6 is 0 Å². The van der Waals surface area contributed by atoms with Crippen LogP contribution in [0.1, 0.15) is 33.1 Å². The van der Waals surface area contributed by atoms with Crippen LogP contribution in [0, 0.1) is 0 Å². The smallest absolute Gasteiger partial charge is 0.244 e. The van der Waals surface area contributed by atoms with Crippen molar-refractivity contribution in [3.05, 3.63) is 24.3 Å². The van der Waals surface area contributed by atoms with Crippen molar-refractivity contribution in [2.75, 3.05) is 18.5 Å². The Bertz CT molecular complexity index is 440. The van der Waals surface area contributed by atoms with Crippen molar-refractivity contribution in [3.63, 3.8) is 0 Å². The second kappa shape index (κ2) is 6.06. The molecule has 1 saturated heterocycles. The zero-order valence-electron chi connectivity index (χ0n) is 11.7. The maximum atomic E-state index is 12.4. The normalized spacial score (nSPS) is 22.2. The van der Waals surface area contributed by atoms with Crippen LogP contribution in [-0.4, -0.2) is 24.6 Å². The SMILES string of the molecule is CCOc1cccc(NC(=O)C2(CC)CCCN2)c1. The van der Waals surface area contributed by atoms with Gasteiger partial charge >= 0.3 is 0 Å². The Hall–Kier alpha value is -1.55. The Kier molecular flexibility index (Phi) is 4.43. The third kappa shape index (κ3) is 3.07. The Morgan fingerprint density at radius 2 is 2.32 bits per heavy atom. The van der Waals surface area contributed by atoms with Crippen molar-refractivity contribution in [1.29, 1.82) is 0 Å². The molecule has 4 nitrogen and oxygen atoms in total. The highest BCUT2D eigenvalue weighted by atomic mass is 16.5. The maximum Gasteiger partial charge on any atom is 0.244 e. The van der Waals surface area contributed by atoms with Gasteiger partial charge in [0.1, 0.15) is 5.75 Å². The lowest BCUT2D eigenvalue weighted by molar-refractivity contribution is -0.122. The predicted octanol–water partition coefficient (Wildman–Crippen LogP) is 2.56. The van der Waals surface area contributed by atoms with Crippen molar-refractivity contribution in [2.24, 2.45) is 0 Å². The fourth-order valence-electron chi connectivity index (χ4n) is 2.54. The first-order valence-corrected chi connectivity index (χ1v) is 6.99. The van der Waals surface area contributed by atoms with Crippen molar-refractivity contribution < 1.29 is 9.53 Å². The molecule has 1 heterocycles. The number of anilines is 1. The molecule has 2 N–H and O–H groups in total. The Morgan fingerprint density at radius 3 is 2.95 bits per heavy atom. The monoisotopic (exact) mass is 262 g/mol. The van der Waals surface area contributed by atoms with Crippen LogP contribution in [0.4, 0.5) is 5.69 Å². The summed E-state index contributed by atoms with van der Waals surface area (Å²) < 4.78 is 5.44. The standard InChI is InChI=1S/C15H22N2O2/c1-3-15(9-6-10-16-15)14(18)17-12-7-5-8-13(11-12)19-4-2/h5,7-8,11,16H,3-4,6,9-10H2,1-2H3,(H,17,18). The summed E-state index contributed by atoms with van der Waals surface area (Å²) in [5.41, 5.74) is 0.388. The summed E-state index contributed by atoms with van der Waals surface area (Å²) in [6, 6.07) is 7.53. The van der Waals surface area contributed by atoms with Gasteiger partial charge in [-0.15, -0.1) is 0 Å². The summed E-state index contributed by atoms with van der Waals surface area (Å²) >= 11 is 0. The number of hydrogen-bond donors (Lipinski definition) is 2. The van der Waals surface area contributed by atoms with Crippen LogP contribution in [0.15, 0.2) is 24.3 Å². The number of hydrogen-bond acceptors (Lipinski definition) is 3. The van der Waals surface area contributed by atoms with Crippen molar-refractivity contribution >= 4 is 11.6 Å². The van der Waals surface area contributed by atoms with Crippen LogP contribution in [0.25, 0.3) is 0 Å². The molecule has 1 unspecified atom stereocenters. The lowest BCUT2D eigenvalue weighted by Crippen LogP contribution is -2.50. The van der Waals surface area contributed by atoms with E-state index in [4.69, 9.17) is 4.74 Å². The van der Waals surface area contributed by atoms with Gasteiger partial charge in [-0.05, 0) is 44.9 Å². The van der Waals surface area contributed by atoms with Crippen LogP contribution in [0.2, 0.25) is 0 Å². The van der Waals surface area contributed by atoms with Gasteiger partial charge in [0.25, 0.3) is 0 Å². The summed E-state index contributed by atoms with van der Waals surface area (Å²) in [5, 5.41) is 6.33. The van der Waals surface area contributed by atoms with Gasteiger partial charge in [0.15, 0.2) is 0 Å². The first-order valence-electron chi connectivity index (χ1n) is 6.99. The molecule has 2 rings (SSSR count). The van der Waals surface area contributed by atoms with E-state index >= 15 is 0 Å². The number of rotatable bonds is 5. The van der Waals surface area contributed by atoms with E-state index in [9.17, 15) is 4.79 Å². The topological polar surface area (TPSA) is 50.4 Å². The Balaban J connectivity index is 2.07. The maximum absolute atomic E-state index is 12.4. The van der Waals surface area contributed by atoms with Gasteiger partial charge in [-0.3, -0.25) is 4.79 Å². The molecule has 1 aliphatic heterocycles. The lowest BCUT2D eigenvalue weighted by atomic mass is 9.93. The predicted molar refractivity (Wildman–Crippen MR) is 76.5 cm³/mol. The molecule has 4 heteroatoms. The van der Waals surface area contributed by atoms with Gasteiger partial charge < -0.3 is 15.4 Å². The molecule has 19 heavy (non-hydrogen) atoms. The van der Waals surface area contributed by atoms with E-state index in [1.54, 1.807) is 0 Å². The van der Waals surface area contributed by atoms with Gasteiger partial charge in [-0.25, -0.2) is 0 Å². The number of amides is 1. The summed E-state index contributed by atoms with van der Waals surface area (Å²) in [6.45, 7) is 5.53. The average molecular weight is 262 g/mol. The minimum atomic E-state index is -0.401. The van der Waals surface area contributed by atoms with Crippen LogP contribution in [-0.2, 0) is 4.79 Å². The first kappa shape index (κ1) is 13.9. The second-order valence-electron chi connectivity index (χ2n) is 4.88. The fraction of sp³-hybridized carbons (Fsp3) is 0.533. The molecule has 104 valence electrons. The van der Waals surface area contributed by atoms with E-state index in [1.165, 1.54) is 0 Å². The number of ether oxygens (including phenoxy) is 1. The van der Waals surface area contributed by atoms with E-state index in [1.807, 2.05) is 31.2 Å². The Labute approximate surface area is 114 Å². The summed E-state index contributed by atoms with van der Waals surface area (Å²) in [7, 11) is 0. The summed E-state index contributed by atoms with van der Waals surface area (Å²) in [5.74, 6) is 0.839. The molecule has 1 aromatic rings. The summed E-state index contributed by atoms with van der Waals surface area (Å²) in [4.78, 5) is 12.4. The highest BCUT2D eigenvalue weighted by Crippen LogP contribution is 2.25. The number of nitrogens with one attached hydrogen (secondary N) is 2. The molecule has 0 radical (unpaired) electrons. The minimum Gasteiger partial charge on any atom is -0.494 e. The third-order valence-electron chi connectivity index (χ3n) is 3.68. The van der Waals surface area contributed by atoms with Crippen LogP contribution < -0.4 is 15.4 Å². The highest BCUT2D eigenvalue weighted by molar-refractivity contribution is 5.98. The van der Waals surface area contributed by atoms with Gasteiger partial charge in [-0.2, -0.15) is 0 Å². The highest BCUT2D eigenvalue weighted by Gasteiger charge is 2.38. The van der Waals surface area contributed by atoms with Gasteiger partial charge in [0.05, 0.1) is 12.1 Å². The van der Waals surface area contributed by atoms with E-state index in [0.717, 1.165) is 37.2 Å². The van der Waals surface area contributed by atoms with Crippen molar-refractivity contribution in [3.8, 4) is 5.75 Å². The fourth-order valence-corrected chi connectivity index (χ4v) is 2.54. The van der Waals surface area contributed by atoms with Crippen LogP contribution in [0.5, 0.6) is 5.75 Å². The first-order chi connectivity index (χ1) is 9.20. The van der Waals surface area contributed by atoms with E-state index in [0.29, 0.717) is 6.61 Å².